The number of nitrogen functional groups attached to an aromatic ring is 1. The van der Waals surface area contributed by atoms with Crippen molar-refractivity contribution >= 4 is 29.1 Å². The van der Waals surface area contributed by atoms with Gasteiger partial charge in [0.1, 0.15) is 5.69 Å². The number of nitrogens with two attached hydrogens (primary N) is 1. The Labute approximate surface area is 89.2 Å². The summed E-state index contributed by atoms with van der Waals surface area (Å²) in [6.07, 6.45) is 1.64. The van der Waals surface area contributed by atoms with Gasteiger partial charge >= 0.3 is 11.7 Å². The minimum absolute atomic E-state index is 0.143. The van der Waals surface area contributed by atoms with Crippen molar-refractivity contribution in [1.82, 2.24) is 0 Å². The van der Waals surface area contributed by atoms with E-state index in [2.05, 4.69) is 0 Å². The largest absolute Gasteiger partial charge is 0.477 e. The van der Waals surface area contributed by atoms with Crippen molar-refractivity contribution in [2.45, 2.75) is 4.90 Å². The van der Waals surface area contributed by atoms with Crippen molar-refractivity contribution in [2.75, 3.05) is 12.0 Å². The number of carboxylic acid groups (broad SMARTS) is 1. The van der Waals surface area contributed by atoms with Gasteiger partial charge in [0.2, 0.25) is 0 Å². The zero-order valence-electron chi connectivity index (χ0n) is 7.76. The molecule has 0 aliphatic heterocycles. The predicted molar refractivity (Wildman–Crippen MR) is 56.2 cm³/mol. The molecule has 15 heavy (non-hydrogen) atoms. The molecule has 0 aromatic heterocycles. The summed E-state index contributed by atoms with van der Waals surface area (Å²) in [7, 11) is 0. The summed E-state index contributed by atoms with van der Waals surface area (Å²) in [6.45, 7) is 0. The fraction of sp³-hybridized carbons (Fsp3) is 0.125. The maximum Gasteiger partial charge on any atom is 0.343 e. The van der Waals surface area contributed by atoms with Crippen LogP contribution < -0.4 is 5.73 Å². The van der Waals surface area contributed by atoms with Gasteiger partial charge in [-0.15, -0.1) is 11.8 Å². The number of nitro groups is 1. The maximum absolute atomic E-state index is 10.9. The monoisotopic (exact) mass is 228 g/mol. The molecular weight excluding hydrogens is 220 g/mol. The first kappa shape index (κ1) is 11.3. The lowest BCUT2D eigenvalue weighted by atomic mass is 10.1. The molecule has 80 valence electrons. The average Bonchev–Trinajstić information content (AvgIpc) is 2.16. The Balaban J connectivity index is 3.58. The predicted octanol–water partition coefficient (Wildman–Crippen LogP) is 1.60. The van der Waals surface area contributed by atoms with Crippen LogP contribution >= 0.6 is 11.8 Å². The molecule has 0 unspecified atom stereocenters. The van der Waals surface area contributed by atoms with E-state index in [0.717, 1.165) is 11.8 Å². The summed E-state index contributed by atoms with van der Waals surface area (Å²) in [5.74, 6) is -1.35. The molecule has 0 bridgehead atoms. The summed E-state index contributed by atoms with van der Waals surface area (Å²) in [4.78, 5) is 21.1. The second-order valence-electron chi connectivity index (χ2n) is 2.64. The van der Waals surface area contributed by atoms with Gasteiger partial charge in [0.25, 0.3) is 0 Å². The third-order valence-electron chi connectivity index (χ3n) is 1.79. The summed E-state index contributed by atoms with van der Waals surface area (Å²) in [5, 5.41) is 19.5. The number of nitrogens with zero attached hydrogens (tertiary/aromatic N) is 1. The first-order chi connectivity index (χ1) is 6.99. The van der Waals surface area contributed by atoms with Crippen LogP contribution in [-0.2, 0) is 0 Å². The fourth-order valence-corrected chi connectivity index (χ4v) is 1.75. The van der Waals surface area contributed by atoms with Crippen LogP contribution in [0.5, 0.6) is 0 Å². The SMILES string of the molecule is CSc1ccc(N)c([N+](=O)[O-])c1C(=O)O. The third kappa shape index (κ3) is 2.01. The molecule has 0 amide bonds. The molecule has 0 aliphatic carbocycles. The minimum atomic E-state index is -1.35. The summed E-state index contributed by atoms with van der Waals surface area (Å²) in [6, 6.07) is 2.78. The standard InChI is InChI=1S/C8H8N2O4S/c1-15-5-3-2-4(9)7(10(13)14)6(5)8(11)12/h2-3H,9H2,1H3,(H,11,12). The third-order valence-corrected chi connectivity index (χ3v) is 2.57. The Kier molecular flexibility index (Phi) is 3.15. The molecular formula is C8H8N2O4S. The number of aromatic carboxylic acids is 1. The van der Waals surface area contributed by atoms with Crippen molar-refractivity contribution < 1.29 is 14.8 Å². The molecule has 0 spiro atoms. The van der Waals surface area contributed by atoms with Crippen LogP contribution in [0.25, 0.3) is 0 Å². The van der Waals surface area contributed by atoms with Gasteiger partial charge in [0.15, 0.2) is 5.56 Å². The van der Waals surface area contributed by atoms with E-state index < -0.39 is 16.6 Å². The number of rotatable bonds is 3. The second-order valence-corrected chi connectivity index (χ2v) is 3.49. The Hall–Kier alpha value is -1.76. The van der Waals surface area contributed by atoms with E-state index in [4.69, 9.17) is 10.8 Å². The minimum Gasteiger partial charge on any atom is -0.477 e. The first-order valence-electron chi connectivity index (χ1n) is 3.83. The number of carbonyl (C=O) groups is 1. The Morgan fingerprint density at radius 2 is 2.20 bits per heavy atom. The van der Waals surface area contributed by atoms with Crippen molar-refractivity contribution in [1.29, 1.82) is 0 Å². The number of anilines is 1. The van der Waals surface area contributed by atoms with Crippen LogP contribution in [0, 0.1) is 10.1 Å². The molecule has 0 saturated heterocycles. The zero-order valence-corrected chi connectivity index (χ0v) is 8.58. The van der Waals surface area contributed by atoms with E-state index in [1.165, 1.54) is 12.1 Å². The Morgan fingerprint density at radius 3 is 2.60 bits per heavy atom. The molecule has 0 atom stereocenters. The van der Waals surface area contributed by atoms with E-state index in [1.807, 2.05) is 0 Å². The van der Waals surface area contributed by atoms with Crippen molar-refractivity contribution in [3.63, 3.8) is 0 Å². The molecule has 0 heterocycles. The van der Waals surface area contributed by atoms with Crippen LogP contribution in [0.1, 0.15) is 10.4 Å². The highest BCUT2D eigenvalue weighted by molar-refractivity contribution is 7.98. The second kappa shape index (κ2) is 4.18. The van der Waals surface area contributed by atoms with Gasteiger partial charge in [0, 0.05) is 4.90 Å². The number of hydrogen-bond acceptors (Lipinski definition) is 5. The summed E-state index contributed by atoms with van der Waals surface area (Å²) >= 11 is 1.12. The van der Waals surface area contributed by atoms with Crippen LogP contribution in [0.3, 0.4) is 0 Å². The van der Waals surface area contributed by atoms with Crippen LogP contribution in [0.2, 0.25) is 0 Å². The molecule has 0 aliphatic rings. The van der Waals surface area contributed by atoms with Crippen LogP contribution in [0.15, 0.2) is 17.0 Å². The quantitative estimate of drug-likeness (QED) is 0.352. The molecule has 3 N–H and O–H groups in total. The Bertz CT molecular complexity index is 433. The van der Waals surface area contributed by atoms with E-state index >= 15 is 0 Å². The number of benzene rings is 1. The maximum atomic E-state index is 10.9. The van der Waals surface area contributed by atoms with E-state index in [0.29, 0.717) is 4.90 Å². The van der Waals surface area contributed by atoms with Gasteiger partial charge < -0.3 is 10.8 Å². The van der Waals surface area contributed by atoms with Crippen molar-refractivity contribution in [2.24, 2.45) is 0 Å². The lowest BCUT2D eigenvalue weighted by Crippen LogP contribution is -2.07. The molecule has 0 fully saturated rings. The summed E-state index contributed by atoms with van der Waals surface area (Å²) in [5.41, 5.74) is 4.33. The number of hydrogen-bond donors (Lipinski definition) is 2. The van der Waals surface area contributed by atoms with Gasteiger partial charge in [-0.3, -0.25) is 10.1 Å². The molecule has 1 aromatic rings. The van der Waals surface area contributed by atoms with Crippen LogP contribution in [-0.4, -0.2) is 22.3 Å². The normalized spacial score (nSPS) is 9.93. The zero-order chi connectivity index (χ0) is 11.6. The van der Waals surface area contributed by atoms with Crippen molar-refractivity contribution in [3.8, 4) is 0 Å². The van der Waals surface area contributed by atoms with Gasteiger partial charge in [-0.05, 0) is 18.4 Å². The van der Waals surface area contributed by atoms with E-state index in [9.17, 15) is 14.9 Å². The topological polar surface area (TPSA) is 106 Å². The molecule has 7 heteroatoms. The van der Waals surface area contributed by atoms with E-state index in [1.54, 1.807) is 6.26 Å². The van der Waals surface area contributed by atoms with Crippen LogP contribution in [0.4, 0.5) is 11.4 Å². The van der Waals surface area contributed by atoms with Gasteiger partial charge in [-0.1, -0.05) is 0 Å². The lowest BCUT2D eigenvalue weighted by Gasteiger charge is -2.05. The van der Waals surface area contributed by atoms with E-state index in [-0.39, 0.29) is 11.3 Å². The molecule has 1 aromatic carbocycles. The molecule has 1 rings (SSSR count). The van der Waals surface area contributed by atoms with Gasteiger partial charge in [-0.2, -0.15) is 0 Å². The Morgan fingerprint density at radius 1 is 1.60 bits per heavy atom. The highest BCUT2D eigenvalue weighted by Crippen LogP contribution is 2.33. The fourth-order valence-electron chi connectivity index (χ4n) is 1.16. The molecule has 6 nitrogen and oxygen atoms in total. The smallest absolute Gasteiger partial charge is 0.343 e. The number of nitro benzene ring substituents is 1. The molecule has 0 radical (unpaired) electrons. The van der Waals surface area contributed by atoms with Gasteiger partial charge in [0.05, 0.1) is 4.92 Å². The van der Waals surface area contributed by atoms with Gasteiger partial charge in [-0.25, -0.2) is 4.79 Å². The molecule has 0 saturated carbocycles. The number of carboxylic acids is 1. The first-order valence-corrected chi connectivity index (χ1v) is 5.05. The lowest BCUT2D eigenvalue weighted by molar-refractivity contribution is -0.384. The average molecular weight is 228 g/mol. The summed E-state index contributed by atoms with van der Waals surface area (Å²) < 4.78 is 0. The highest BCUT2D eigenvalue weighted by atomic mass is 32.2. The number of thioether (sulfide) groups is 1. The highest BCUT2D eigenvalue weighted by Gasteiger charge is 2.26. The van der Waals surface area contributed by atoms with Crippen molar-refractivity contribution in [3.05, 3.63) is 27.8 Å².